The number of rotatable bonds is 3. The molecule has 2 amide bonds. The van der Waals surface area contributed by atoms with Gasteiger partial charge in [-0.3, -0.25) is 9.59 Å². The summed E-state index contributed by atoms with van der Waals surface area (Å²) in [5, 5.41) is 7.26. The smallest absolute Gasteiger partial charge is 0.255 e. The third kappa shape index (κ3) is 3.99. The molecule has 0 saturated carbocycles. The standard InChI is InChI=1S/C23H24BrN3O3/c1-23(2,3)25-21(28)20(14-8-10-16(24)11-9-14)27-12-15-13-30-26-19(15)17-6-4-5-7-18(17)22(27)29/h4-11,15,20H,12-13H2,1-3H3,(H,25,28). The maximum atomic E-state index is 13.7. The molecule has 30 heavy (non-hydrogen) atoms. The van der Waals surface area contributed by atoms with Crippen molar-refractivity contribution in [3.8, 4) is 0 Å². The fourth-order valence-electron chi connectivity index (χ4n) is 3.91. The highest BCUT2D eigenvalue weighted by Gasteiger charge is 2.41. The first-order chi connectivity index (χ1) is 14.2. The van der Waals surface area contributed by atoms with Crippen LogP contribution >= 0.6 is 15.9 Å². The van der Waals surface area contributed by atoms with Crippen LogP contribution in [-0.4, -0.2) is 41.1 Å². The van der Waals surface area contributed by atoms with Gasteiger partial charge in [-0.25, -0.2) is 0 Å². The number of nitrogens with zero attached hydrogens (tertiary/aromatic N) is 2. The molecule has 2 heterocycles. The zero-order valence-electron chi connectivity index (χ0n) is 17.2. The highest BCUT2D eigenvalue weighted by atomic mass is 79.9. The number of oxime groups is 1. The summed E-state index contributed by atoms with van der Waals surface area (Å²) < 4.78 is 0.910. The molecule has 0 aliphatic carbocycles. The number of fused-ring (bicyclic) bond motifs is 3. The number of benzene rings is 2. The molecule has 0 bridgehead atoms. The molecule has 156 valence electrons. The van der Waals surface area contributed by atoms with E-state index in [1.165, 1.54) is 0 Å². The zero-order valence-corrected chi connectivity index (χ0v) is 18.8. The number of carbonyl (C=O) groups excluding carboxylic acids is 2. The average Bonchev–Trinajstić information content (AvgIpc) is 3.11. The lowest BCUT2D eigenvalue weighted by molar-refractivity contribution is -0.127. The Bertz CT molecular complexity index is 1010. The first kappa shape index (κ1) is 20.6. The third-order valence-corrected chi connectivity index (χ3v) is 5.71. The summed E-state index contributed by atoms with van der Waals surface area (Å²) in [6.07, 6.45) is 0. The van der Waals surface area contributed by atoms with E-state index in [0.717, 1.165) is 21.3 Å². The molecule has 0 radical (unpaired) electrons. The van der Waals surface area contributed by atoms with E-state index in [1.54, 1.807) is 11.0 Å². The molecule has 7 heteroatoms. The molecule has 4 rings (SSSR count). The fourth-order valence-corrected chi connectivity index (χ4v) is 4.17. The van der Waals surface area contributed by atoms with Crippen LogP contribution in [0.15, 0.2) is 58.2 Å². The molecule has 0 aromatic heterocycles. The fraction of sp³-hybridized carbons (Fsp3) is 0.348. The van der Waals surface area contributed by atoms with Crippen molar-refractivity contribution in [2.75, 3.05) is 13.2 Å². The summed E-state index contributed by atoms with van der Waals surface area (Å²) in [7, 11) is 0. The van der Waals surface area contributed by atoms with E-state index in [2.05, 4.69) is 26.4 Å². The van der Waals surface area contributed by atoms with Gasteiger partial charge in [-0.2, -0.15) is 0 Å². The topological polar surface area (TPSA) is 71.0 Å². The Morgan fingerprint density at radius 1 is 1.17 bits per heavy atom. The summed E-state index contributed by atoms with van der Waals surface area (Å²) in [6.45, 7) is 6.53. The Labute approximate surface area is 184 Å². The maximum absolute atomic E-state index is 13.7. The van der Waals surface area contributed by atoms with Crippen LogP contribution < -0.4 is 5.32 Å². The first-order valence-electron chi connectivity index (χ1n) is 9.92. The second kappa shape index (κ2) is 7.87. The van der Waals surface area contributed by atoms with Crippen molar-refractivity contribution in [2.45, 2.75) is 32.4 Å². The van der Waals surface area contributed by atoms with Crippen molar-refractivity contribution >= 4 is 33.5 Å². The van der Waals surface area contributed by atoms with Gasteiger partial charge in [0.05, 0.1) is 11.6 Å². The van der Waals surface area contributed by atoms with Crippen LogP contribution in [0.2, 0.25) is 0 Å². The summed E-state index contributed by atoms with van der Waals surface area (Å²) in [4.78, 5) is 34.1. The van der Waals surface area contributed by atoms with Gasteiger partial charge in [0.15, 0.2) is 0 Å². The van der Waals surface area contributed by atoms with Crippen molar-refractivity contribution in [3.63, 3.8) is 0 Å². The molecule has 1 N–H and O–H groups in total. The Morgan fingerprint density at radius 3 is 2.50 bits per heavy atom. The normalized spacial score (nSPS) is 19.2. The van der Waals surface area contributed by atoms with E-state index in [-0.39, 0.29) is 17.7 Å². The van der Waals surface area contributed by atoms with Gasteiger partial charge in [0.2, 0.25) is 5.91 Å². The second-order valence-electron chi connectivity index (χ2n) is 8.67. The van der Waals surface area contributed by atoms with Crippen LogP contribution in [0.25, 0.3) is 0 Å². The van der Waals surface area contributed by atoms with Gasteiger partial charge in [0.1, 0.15) is 12.6 Å². The Hall–Kier alpha value is -2.67. The lowest BCUT2D eigenvalue weighted by Crippen LogP contribution is -2.50. The van der Waals surface area contributed by atoms with Crippen molar-refractivity contribution < 1.29 is 14.4 Å². The Morgan fingerprint density at radius 2 is 1.83 bits per heavy atom. The number of hydrogen-bond acceptors (Lipinski definition) is 4. The van der Waals surface area contributed by atoms with Gasteiger partial charge in [0.25, 0.3) is 5.91 Å². The number of amides is 2. The van der Waals surface area contributed by atoms with E-state index >= 15 is 0 Å². The number of hydrogen-bond donors (Lipinski definition) is 1. The SMILES string of the molecule is CC(C)(C)NC(=O)C(c1ccc(Br)cc1)N1CC2CON=C2c2ccccc2C1=O. The molecule has 2 aliphatic heterocycles. The largest absolute Gasteiger partial charge is 0.395 e. The molecule has 2 aromatic carbocycles. The molecule has 0 spiro atoms. The van der Waals surface area contributed by atoms with Crippen molar-refractivity contribution in [3.05, 3.63) is 69.7 Å². The van der Waals surface area contributed by atoms with E-state index in [4.69, 9.17) is 4.84 Å². The lowest BCUT2D eigenvalue weighted by Gasteiger charge is -2.34. The summed E-state index contributed by atoms with van der Waals surface area (Å²) in [5.74, 6) is -0.479. The summed E-state index contributed by atoms with van der Waals surface area (Å²) >= 11 is 3.45. The Kier molecular flexibility index (Phi) is 5.40. The predicted molar refractivity (Wildman–Crippen MR) is 118 cm³/mol. The van der Waals surface area contributed by atoms with Crippen molar-refractivity contribution in [1.29, 1.82) is 0 Å². The van der Waals surface area contributed by atoms with Gasteiger partial charge in [-0.1, -0.05) is 51.4 Å². The van der Waals surface area contributed by atoms with Crippen LogP contribution in [0.3, 0.4) is 0 Å². The molecule has 0 fully saturated rings. The monoisotopic (exact) mass is 469 g/mol. The van der Waals surface area contributed by atoms with Gasteiger partial charge in [-0.05, 0) is 44.5 Å². The molecule has 2 aromatic rings. The van der Waals surface area contributed by atoms with Crippen LogP contribution in [0.4, 0.5) is 0 Å². The van der Waals surface area contributed by atoms with Gasteiger partial charge in [0, 0.05) is 27.7 Å². The van der Waals surface area contributed by atoms with Crippen LogP contribution in [0.1, 0.15) is 48.3 Å². The van der Waals surface area contributed by atoms with E-state index < -0.39 is 11.6 Å². The maximum Gasteiger partial charge on any atom is 0.255 e. The minimum Gasteiger partial charge on any atom is -0.395 e. The number of carbonyl (C=O) groups is 2. The molecule has 2 aliphatic rings. The van der Waals surface area contributed by atoms with Crippen molar-refractivity contribution in [1.82, 2.24) is 10.2 Å². The van der Waals surface area contributed by atoms with E-state index in [1.807, 2.05) is 63.2 Å². The number of nitrogens with one attached hydrogen (secondary N) is 1. The van der Waals surface area contributed by atoms with Crippen LogP contribution in [0, 0.1) is 5.92 Å². The highest BCUT2D eigenvalue weighted by Crippen LogP contribution is 2.33. The lowest BCUT2D eigenvalue weighted by atomic mass is 9.96. The predicted octanol–water partition coefficient (Wildman–Crippen LogP) is 3.91. The van der Waals surface area contributed by atoms with E-state index in [0.29, 0.717) is 18.7 Å². The third-order valence-electron chi connectivity index (χ3n) is 5.18. The molecule has 0 saturated heterocycles. The summed E-state index contributed by atoms with van der Waals surface area (Å²) in [6, 6.07) is 14.1. The summed E-state index contributed by atoms with van der Waals surface area (Å²) in [5.41, 5.74) is 2.41. The highest BCUT2D eigenvalue weighted by molar-refractivity contribution is 9.10. The molecule has 2 atom stereocenters. The van der Waals surface area contributed by atoms with Crippen molar-refractivity contribution in [2.24, 2.45) is 11.1 Å². The second-order valence-corrected chi connectivity index (χ2v) is 9.58. The minimum atomic E-state index is -0.766. The quantitative estimate of drug-likeness (QED) is 0.740. The average molecular weight is 470 g/mol. The first-order valence-corrected chi connectivity index (χ1v) is 10.7. The van der Waals surface area contributed by atoms with Crippen LogP contribution in [0.5, 0.6) is 0 Å². The van der Waals surface area contributed by atoms with Gasteiger partial charge in [-0.15, -0.1) is 0 Å². The van der Waals surface area contributed by atoms with Gasteiger partial charge < -0.3 is 15.1 Å². The Balaban J connectivity index is 1.81. The molecule has 6 nitrogen and oxygen atoms in total. The molecular weight excluding hydrogens is 446 g/mol. The zero-order chi connectivity index (χ0) is 21.5. The molecule has 2 unspecified atom stereocenters. The van der Waals surface area contributed by atoms with Gasteiger partial charge >= 0.3 is 0 Å². The molecular formula is C23H24BrN3O3. The van der Waals surface area contributed by atoms with E-state index in [9.17, 15) is 9.59 Å². The minimum absolute atomic E-state index is 0.0852. The number of halogens is 1. The van der Waals surface area contributed by atoms with Crippen LogP contribution in [-0.2, 0) is 9.63 Å².